The molecule has 266 valence electrons. The van der Waals surface area contributed by atoms with E-state index in [1.165, 1.54) is 12.1 Å². The van der Waals surface area contributed by atoms with Gasteiger partial charge in [0, 0.05) is 49.1 Å². The fourth-order valence-electron chi connectivity index (χ4n) is 7.26. The molecule has 0 bridgehead atoms. The third-order valence-corrected chi connectivity index (χ3v) is 10.2. The second-order valence-corrected chi connectivity index (χ2v) is 13.6. The van der Waals surface area contributed by atoms with Gasteiger partial charge in [-0.05, 0) is 67.9 Å². The number of halogens is 1. The fraction of sp³-hybridized carbons (Fsp3) is 0.333. The van der Waals surface area contributed by atoms with Gasteiger partial charge in [-0.3, -0.25) is 25.1 Å². The molecule has 2 fully saturated rings. The number of nitrogens with zero attached hydrogens (tertiary/aromatic N) is 4. The highest BCUT2D eigenvalue weighted by molar-refractivity contribution is 6.01. The van der Waals surface area contributed by atoms with Gasteiger partial charge in [0.15, 0.2) is 5.82 Å². The number of carbonyl (C=O) groups excluding carboxylic acids is 3. The van der Waals surface area contributed by atoms with Crippen LogP contribution in [0.15, 0.2) is 91.2 Å². The molecule has 13 heteroatoms. The smallest absolute Gasteiger partial charge is 0.257 e. The molecule has 0 spiro atoms. The molecule has 1 aliphatic carbocycles. The first-order chi connectivity index (χ1) is 25.2. The number of aromatic nitrogens is 2. The van der Waals surface area contributed by atoms with Crippen molar-refractivity contribution in [2.75, 3.05) is 29.9 Å². The molecule has 3 amide bonds. The minimum Gasteiger partial charge on any atom is -0.477 e. The summed E-state index contributed by atoms with van der Waals surface area (Å²) in [6, 6.07) is 16.4. The summed E-state index contributed by atoms with van der Waals surface area (Å²) >= 11 is 0. The number of piperidine rings is 2. The number of amides is 3. The molecule has 1 aromatic heterocycles. The van der Waals surface area contributed by atoms with Crippen LogP contribution in [0, 0.1) is 28.5 Å². The zero-order chi connectivity index (χ0) is 36.1. The van der Waals surface area contributed by atoms with Crippen molar-refractivity contribution in [3.63, 3.8) is 0 Å². The minimum absolute atomic E-state index is 0.248. The van der Waals surface area contributed by atoms with E-state index < -0.39 is 22.9 Å². The Morgan fingerprint density at radius 1 is 1.06 bits per heavy atom. The molecule has 2 saturated heterocycles. The van der Waals surface area contributed by atoms with Gasteiger partial charge in [0.05, 0.1) is 23.9 Å². The number of benzene rings is 2. The van der Waals surface area contributed by atoms with Crippen LogP contribution in [-0.4, -0.2) is 59.0 Å². The standard InChI is InChI=1S/C39H39FN8O4/c40-30-22-29(43-31-8-10-33(49)44-37(31)51)7-9-32(30)48-19-13-26(14-20-48)24-52-35-12-18-42-36(45-35)28-6-4-5-27(21-28)23-39(17-11-34(50)46-47-39)38(25-41)15-2-1-3-16-38/h1-7,9,11-12,15,17-18,21-22,26,31,43,47H,8,10,13-14,16,19-20,23-24H2,(H,46,50)(H,44,49,51). The van der Waals surface area contributed by atoms with E-state index in [4.69, 9.17) is 9.72 Å². The van der Waals surface area contributed by atoms with Gasteiger partial charge in [0.25, 0.3) is 5.91 Å². The number of anilines is 2. The van der Waals surface area contributed by atoms with E-state index in [1.807, 2.05) is 53.5 Å². The van der Waals surface area contributed by atoms with Crippen molar-refractivity contribution in [1.29, 1.82) is 5.26 Å². The van der Waals surface area contributed by atoms with Crippen molar-refractivity contribution in [2.45, 2.75) is 50.1 Å². The zero-order valence-corrected chi connectivity index (χ0v) is 28.5. The summed E-state index contributed by atoms with van der Waals surface area (Å²) in [5.74, 6) is -0.107. The van der Waals surface area contributed by atoms with Crippen molar-refractivity contribution in [3.8, 4) is 23.3 Å². The highest BCUT2D eigenvalue weighted by Gasteiger charge is 2.50. The molecule has 2 aromatic carbocycles. The van der Waals surface area contributed by atoms with Gasteiger partial charge in [0.1, 0.15) is 17.3 Å². The van der Waals surface area contributed by atoms with Crippen molar-refractivity contribution in [2.24, 2.45) is 11.3 Å². The van der Waals surface area contributed by atoms with E-state index in [9.17, 15) is 19.6 Å². The molecule has 4 aliphatic rings. The first-order valence-corrected chi connectivity index (χ1v) is 17.5. The summed E-state index contributed by atoms with van der Waals surface area (Å²) in [5, 5.41) is 15.7. The quantitative estimate of drug-likeness (QED) is 0.224. The molecule has 7 rings (SSSR count). The lowest BCUT2D eigenvalue weighted by atomic mass is 9.64. The van der Waals surface area contributed by atoms with Crippen LogP contribution >= 0.6 is 0 Å². The summed E-state index contributed by atoms with van der Waals surface area (Å²) in [6.07, 6.45) is 15.7. The number of nitriles is 1. The van der Waals surface area contributed by atoms with E-state index in [2.05, 4.69) is 32.5 Å². The molecule has 0 radical (unpaired) electrons. The van der Waals surface area contributed by atoms with Crippen LogP contribution < -0.4 is 31.1 Å². The highest BCUT2D eigenvalue weighted by atomic mass is 19.1. The number of hydrogen-bond donors (Lipinski definition) is 4. The number of nitrogens with one attached hydrogen (secondary N) is 4. The second-order valence-electron chi connectivity index (χ2n) is 13.6. The lowest BCUT2D eigenvalue weighted by Gasteiger charge is -2.45. The Balaban J connectivity index is 0.958. The van der Waals surface area contributed by atoms with Crippen LogP contribution in [0.25, 0.3) is 11.4 Å². The van der Waals surface area contributed by atoms with Crippen LogP contribution in [0.5, 0.6) is 5.88 Å². The predicted octanol–water partition coefficient (Wildman–Crippen LogP) is 4.29. The second kappa shape index (κ2) is 14.8. The average Bonchev–Trinajstić information content (AvgIpc) is 3.17. The predicted molar refractivity (Wildman–Crippen MR) is 192 cm³/mol. The van der Waals surface area contributed by atoms with E-state index in [0.29, 0.717) is 62.0 Å². The maximum atomic E-state index is 15.2. The Kier molecular flexibility index (Phi) is 9.82. The fourth-order valence-corrected chi connectivity index (χ4v) is 7.26. The molecule has 4 heterocycles. The minimum atomic E-state index is -0.919. The summed E-state index contributed by atoms with van der Waals surface area (Å²) < 4.78 is 21.3. The van der Waals surface area contributed by atoms with E-state index in [-0.39, 0.29) is 30.0 Å². The molecule has 4 N–H and O–H groups in total. The number of ether oxygens (including phenoxy) is 1. The molecular formula is C39H39FN8O4. The summed E-state index contributed by atoms with van der Waals surface area (Å²) in [5.41, 5.74) is 6.78. The average molecular weight is 703 g/mol. The number of hydrazine groups is 1. The Morgan fingerprint density at radius 2 is 1.92 bits per heavy atom. The maximum absolute atomic E-state index is 15.2. The van der Waals surface area contributed by atoms with E-state index in [1.54, 1.807) is 30.5 Å². The number of allylic oxidation sites excluding steroid dienone is 3. The Bertz CT molecular complexity index is 2000. The highest BCUT2D eigenvalue weighted by Crippen LogP contribution is 2.42. The van der Waals surface area contributed by atoms with Crippen molar-refractivity contribution in [1.82, 2.24) is 26.1 Å². The molecule has 12 nitrogen and oxygen atoms in total. The Morgan fingerprint density at radius 3 is 2.65 bits per heavy atom. The van der Waals surface area contributed by atoms with Gasteiger partial charge in [0.2, 0.25) is 17.7 Å². The summed E-state index contributed by atoms with van der Waals surface area (Å²) in [6.45, 7) is 1.80. The number of carbonyl (C=O) groups is 3. The van der Waals surface area contributed by atoms with Crippen LogP contribution in [0.1, 0.15) is 37.7 Å². The SMILES string of the molecule is N#CC1(C2(Cc3cccc(-c4nccc(OCC5CCN(c6ccc(NC7CCC(=O)NC7=O)cc6F)CC5)n4)c3)C=CC(=O)NN2)C=CC=CC1. The third kappa shape index (κ3) is 7.29. The van der Waals surface area contributed by atoms with Gasteiger partial charge in [-0.1, -0.05) is 48.6 Å². The first kappa shape index (κ1) is 34.6. The number of rotatable bonds is 10. The van der Waals surface area contributed by atoms with E-state index in [0.717, 1.165) is 24.0 Å². The zero-order valence-electron chi connectivity index (χ0n) is 28.5. The van der Waals surface area contributed by atoms with Crippen LogP contribution in [0.4, 0.5) is 15.8 Å². The van der Waals surface area contributed by atoms with Gasteiger partial charge >= 0.3 is 0 Å². The molecule has 3 aromatic rings. The maximum Gasteiger partial charge on any atom is 0.257 e. The largest absolute Gasteiger partial charge is 0.477 e. The molecule has 3 unspecified atom stereocenters. The first-order valence-electron chi connectivity index (χ1n) is 17.5. The topological polar surface area (TPSA) is 161 Å². The molecule has 0 saturated carbocycles. The van der Waals surface area contributed by atoms with Gasteiger partial charge < -0.3 is 15.0 Å². The lowest BCUT2D eigenvalue weighted by Crippen LogP contribution is -2.64. The molecule has 3 atom stereocenters. The van der Waals surface area contributed by atoms with Crippen molar-refractivity contribution in [3.05, 3.63) is 103 Å². The number of imide groups is 1. The van der Waals surface area contributed by atoms with E-state index >= 15 is 4.39 Å². The Labute approximate surface area is 300 Å². The third-order valence-electron chi connectivity index (χ3n) is 10.2. The monoisotopic (exact) mass is 702 g/mol. The molecular weight excluding hydrogens is 663 g/mol. The normalized spacial score (nSPS) is 24.6. The Hall–Kier alpha value is -5.87. The van der Waals surface area contributed by atoms with Gasteiger partial charge in [-0.2, -0.15) is 10.2 Å². The summed E-state index contributed by atoms with van der Waals surface area (Å²) in [7, 11) is 0. The number of hydrogen-bond acceptors (Lipinski definition) is 10. The van der Waals surface area contributed by atoms with Gasteiger partial charge in [-0.25, -0.2) is 14.8 Å². The van der Waals surface area contributed by atoms with Crippen LogP contribution in [0.3, 0.4) is 0 Å². The van der Waals surface area contributed by atoms with Gasteiger partial charge in [-0.15, -0.1) is 0 Å². The lowest BCUT2D eigenvalue weighted by molar-refractivity contribution is -0.133. The molecule has 3 aliphatic heterocycles. The van der Waals surface area contributed by atoms with Crippen LogP contribution in [0.2, 0.25) is 0 Å². The van der Waals surface area contributed by atoms with Crippen molar-refractivity contribution < 1.29 is 23.5 Å². The molecule has 52 heavy (non-hydrogen) atoms. The van der Waals surface area contributed by atoms with Crippen LogP contribution in [-0.2, 0) is 20.8 Å². The summed E-state index contributed by atoms with van der Waals surface area (Å²) in [4.78, 5) is 46.8. The van der Waals surface area contributed by atoms with Crippen molar-refractivity contribution >= 4 is 29.1 Å².